The second kappa shape index (κ2) is 5.47. The number of nitrogens with zero attached hydrogens (tertiary/aromatic N) is 2. The predicted molar refractivity (Wildman–Crippen MR) is 67.3 cm³/mol. The molecule has 0 radical (unpaired) electrons. The van der Waals surface area contributed by atoms with Crippen LogP contribution in [-0.2, 0) is 0 Å². The molecular weight excluding hydrogens is 277 g/mol. The summed E-state index contributed by atoms with van der Waals surface area (Å²) in [5.74, 6) is 1.84. The Morgan fingerprint density at radius 1 is 1.60 bits per heavy atom. The van der Waals surface area contributed by atoms with Crippen LogP contribution in [0.15, 0.2) is 22.3 Å². The fourth-order valence-electron chi connectivity index (χ4n) is 0.970. The average molecular weight is 291 g/mol. The topological polar surface area (TPSA) is 37.8 Å². The normalized spacial score (nSPS) is 10.5. The minimum Gasteiger partial charge on any atom is -0.365 e. The fraction of sp³-hybridized carbons (Fsp3) is 0.400. The molecule has 0 aromatic carbocycles. The van der Waals surface area contributed by atoms with Gasteiger partial charge in [0.2, 0.25) is 0 Å². The van der Waals surface area contributed by atoms with E-state index in [1.807, 2.05) is 19.9 Å². The van der Waals surface area contributed by atoms with Gasteiger partial charge in [-0.15, -0.1) is 0 Å². The van der Waals surface area contributed by atoms with Gasteiger partial charge in [0, 0.05) is 17.0 Å². The van der Waals surface area contributed by atoms with Crippen LogP contribution >= 0.6 is 27.5 Å². The van der Waals surface area contributed by atoms with Crippen molar-refractivity contribution < 1.29 is 0 Å². The molecule has 1 aromatic rings. The van der Waals surface area contributed by atoms with E-state index in [0.29, 0.717) is 17.5 Å². The van der Waals surface area contributed by atoms with E-state index in [9.17, 15) is 0 Å². The molecule has 3 nitrogen and oxygen atoms in total. The molecule has 0 saturated heterocycles. The van der Waals surface area contributed by atoms with Gasteiger partial charge in [0.15, 0.2) is 0 Å². The Morgan fingerprint density at radius 3 is 2.80 bits per heavy atom. The van der Waals surface area contributed by atoms with Gasteiger partial charge in [-0.05, 0) is 15.9 Å². The lowest BCUT2D eigenvalue weighted by Crippen LogP contribution is -2.06. The minimum absolute atomic E-state index is 0.294. The number of hydrogen-bond acceptors (Lipinski definition) is 3. The van der Waals surface area contributed by atoms with Crippen molar-refractivity contribution in [3.63, 3.8) is 0 Å². The van der Waals surface area contributed by atoms with Gasteiger partial charge >= 0.3 is 0 Å². The van der Waals surface area contributed by atoms with Crippen LogP contribution in [0.2, 0.25) is 0 Å². The lowest BCUT2D eigenvalue weighted by Gasteiger charge is -2.08. The van der Waals surface area contributed by atoms with Gasteiger partial charge in [-0.2, -0.15) is 0 Å². The zero-order valence-corrected chi connectivity index (χ0v) is 11.1. The van der Waals surface area contributed by atoms with Crippen LogP contribution in [0, 0.1) is 0 Å². The van der Waals surface area contributed by atoms with Crippen molar-refractivity contribution in [2.24, 2.45) is 0 Å². The van der Waals surface area contributed by atoms with Crippen molar-refractivity contribution in [1.29, 1.82) is 0 Å². The minimum atomic E-state index is 0.294. The van der Waals surface area contributed by atoms with Gasteiger partial charge < -0.3 is 5.32 Å². The first kappa shape index (κ1) is 12.5. The van der Waals surface area contributed by atoms with Gasteiger partial charge in [-0.3, -0.25) is 0 Å². The molecule has 1 rings (SSSR count). The summed E-state index contributed by atoms with van der Waals surface area (Å²) in [6.45, 7) is 8.20. The maximum atomic E-state index is 5.66. The average Bonchev–Trinajstić information content (AvgIpc) is 2.13. The maximum Gasteiger partial charge on any atom is 0.134 e. The number of nitrogens with one attached hydrogen (secondary N) is 1. The van der Waals surface area contributed by atoms with Crippen LogP contribution in [0.1, 0.15) is 25.6 Å². The van der Waals surface area contributed by atoms with Gasteiger partial charge in [-0.1, -0.05) is 32.0 Å². The zero-order valence-electron chi connectivity index (χ0n) is 8.72. The number of halogens is 2. The van der Waals surface area contributed by atoms with E-state index in [4.69, 9.17) is 11.6 Å². The summed E-state index contributed by atoms with van der Waals surface area (Å²) in [6, 6.07) is 1.81. The highest BCUT2D eigenvalue weighted by atomic mass is 79.9. The lowest BCUT2D eigenvalue weighted by molar-refractivity contribution is 0.770. The van der Waals surface area contributed by atoms with E-state index >= 15 is 0 Å². The molecule has 0 fully saturated rings. The van der Waals surface area contributed by atoms with Crippen LogP contribution in [0.3, 0.4) is 0 Å². The number of rotatable bonds is 4. The summed E-state index contributed by atoms with van der Waals surface area (Å²) >= 11 is 9.00. The third-order valence-corrected chi connectivity index (χ3v) is 2.23. The van der Waals surface area contributed by atoms with Crippen molar-refractivity contribution in [1.82, 2.24) is 9.97 Å². The van der Waals surface area contributed by atoms with Gasteiger partial charge in [0.1, 0.15) is 16.2 Å². The monoisotopic (exact) mass is 289 g/mol. The first-order valence-electron chi connectivity index (χ1n) is 4.60. The van der Waals surface area contributed by atoms with Gasteiger partial charge in [-0.25, -0.2) is 9.97 Å². The van der Waals surface area contributed by atoms with E-state index in [2.05, 4.69) is 37.8 Å². The van der Waals surface area contributed by atoms with Crippen LogP contribution in [0.5, 0.6) is 0 Å². The Labute approximate surface area is 103 Å². The molecule has 0 aliphatic rings. The highest BCUT2D eigenvalue weighted by Crippen LogP contribution is 2.17. The van der Waals surface area contributed by atoms with Crippen molar-refractivity contribution in [3.8, 4) is 0 Å². The third kappa shape index (κ3) is 4.18. The van der Waals surface area contributed by atoms with Crippen LogP contribution in [0.4, 0.5) is 5.82 Å². The second-order valence-electron chi connectivity index (χ2n) is 3.46. The Bertz CT molecular complexity index is 366. The van der Waals surface area contributed by atoms with Crippen molar-refractivity contribution in [2.45, 2.75) is 19.8 Å². The Morgan fingerprint density at radius 2 is 2.27 bits per heavy atom. The summed E-state index contributed by atoms with van der Waals surface area (Å²) < 4.78 is 0.767. The lowest BCUT2D eigenvalue weighted by atomic mass is 10.2. The molecule has 0 aliphatic carbocycles. The highest BCUT2D eigenvalue weighted by Gasteiger charge is 2.06. The van der Waals surface area contributed by atoms with E-state index in [-0.39, 0.29) is 0 Å². The molecule has 82 valence electrons. The van der Waals surface area contributed by atoms with E-state index in [1.165, 1.54) is 0 Å². The number of hydrogen-bond donors (Lipinski definition) is 1. The SMILES string of the molecule is C=C(Cl)CNc1cc(Br)nc(C(C)C)n1. The first-order valence-corrected chi connectivity index (χ1v) is 5.77. The summed E-state index contributed by atoms with van der Waals surface area (Å²) in [6.07, 6.45) is 0. The van der Waals surface area contributed by atoms with Gasteiger partial charge in [0.05, 0.1) is 6.54 Å². The standard InChI is InChI=1S/C10H13BrClN3/c1-6(2)10-14-8(11)4-9(15-10)13-5-7(3)12/h4,6H,3,5H2,1-2H3,(H,13,14,15). The predicted octanol–water partition coefficient (Wildman–Crippen LogP) is 3.53. The van der Waals surface area contributed by atoms with Crippen molar-refractivity contribution >= 4 is 33.3 Å². The summed E-state index contributed by atoms with van der Waals surface area (Å²) in [5.41, 5.74) is 0. The van der Waals surface area contributed by atoms with Crippen LogP contribution in [-0.4, -0.2) is 16.5 Å². The van der Waals surface area contributed by atoms with E-state index < -0.39 is 0 Å². The smallest absolute Gasteiger partial charge is 0.134 e. The molecule has 0 saturated carbocycles. The maximum absolute atomic E-state index is 5.66. The molecule has 5 heteroatoms. The first-order chi connectivity index (χ1) is 6.99. The molecule has 0 amide bonds. The summed E-state index contributed by atoms with van der Waals surface area (Å²) in [5, 5.41) is 3.62. The number of anilines is 1. The molecule has 1 aromatic heterocycles. The molecule has 0 aliphatic heterocycles. The zero-order chi connectivity index (χ0) is 11.4. The molecule has 15 heavy (non-hydrogen) atoms. The van der Waals surface area contributed by atoms with E-state index in [1.54, 1.807) is 0 Å². The van der Waals surface area contributed by atoms with Crippen molar-refractivity contribution in [2.75, 3.05) is 11.9 Å². The summed E-state index contributed by atoms with van der Waals surface area (Å²) in [4.78, 5) is 8.62. The molecule has 0 spiro atoms. The van der Waals surface area contributed by atoms with Crippen molar-refractivity contribution in [3.05, 3.63) is 28.1 Å². The third-order valence-electron chi connectivity index (χ3n) is 1.69. The van der Waals surface area contributed by atoms with Crippen LogP contribution < -0.4 is 5.32 Å². The Hall–Kier alpha value is -0.610. The molecule has 0 unspecified atom stereocenters. The van der Waals surface area contributed by atoms with Gasteiger partial charge in [0.25, 0.3) is 0 Å². The molecule has 0 bridgehead atoms. The molecule has 1 heterocycles. The Kier molecular flexibility index (Phi) is 4.54. The molecule has 1 N–H and O–H groups in total. The quantitative estimate of drug-likeness (QED) is 0.862. The molecular formula is C10H13BrClN3. The largest absolute Gasteiger partial charge is 0.365 e. The Balaban J connectivity index is 2.84. The molecule has 0 atom stereocenters. The van der Waals surface area contributed by atoms with Crippen LogP contribution in [0.25, 0.3) is 0 Å². The number of aromatic nitrogens is 2. The van der Waals surface area contributed by atoms with E-state index in [0.717, 1.165) is 16.2 Å². The highest BCUT2D eigenvalue weighted by molar-refractivity contribution is 9.10. The summed E-state index contributed by atoms with van der Waals surface area (Å²) in [7, 11) is 0. The second-order valence-corrected chi connectivity index (χ2v) is 4.81. The fourth-order valence-corrected chi connectivity index (χ4v) is 1.44.